The van der Waals surface area contributed by atoms with E-state index in [1.54, 1.807) is 0 Å². The molecule has 2 nitrogen and oxygen atoms in total. The summed E-state index contributed by atoms with van der Waals surface area (Å²) in [6.07, 6.45) is 2.72. The van der Waals surface area contributed by atoms with Gasteiger partial charge in [-0.05, 0) is 30.5 Å². The van der Waals surface area contributed by atoms with Crippen LogP contribution in [0.2, 0.25) is 10.0 Å². The lowest BCUT2D eigenvalue weighted by Crippen LogP contribution is -2.25. The summed E-state index contributed by atoms with van der Waals surface area (Å²) in [5.41, 5.74) is 1.15. The first-order chi connectivity index (χ1) is 7.75. The highest BCUT2D eigenvalue weighted by atomic mass is 35.5. The highest BCUT2D eigenvalue weighted by Gasteiger charge is 2.14. The Morgan fingerprint density at radius 3 is 2.88 bits per heavy atom. The molecule has 1 fully saturated rings. The zero-order chi connectivity index (χ0) is 11.4. The molecule has 1 saturated heterocycles. The van der Waals surface area contributed by atoms with Gasteiger partial charge in [0, 0.05) is 19.7 Å². The largest absolute Gasteiger partial charge is 0.377 e. The Kier molecular flexibility index (Phi) is 4.47. The van der Waals surface area contributed by atoms with Crippen LogP contribution in [0.25, 0.3) is 0 Å². The molecule has 1 atom stereocenters. The van der Waals surface area contributed by atoms with Crippen LogP contribution in [0.1, 0.15) is 18.4 Å². The number of nitrogens with one attached hydrogen (secondary N) is 1. The minimum absolute atomic E-state index is 0.378. The lowest BCUT2D eigenvalue weighted by molar-refractivity contribution is 0.110. The molecular formula is C12H15Cl2NO. The standard InChI is InChI=1S/C12H15Cl2NO/c13-11-4-3-9(6-12(11)14)7-15-8-10-2-1-5-16-10/h3-4,6,10,15H,1-2,5,7-8H2/t10-/m1/s1. The Bertz CT molecular complexity index is 351. The molecule has 0 aliphatic carbocycles. The van der Waals surface area contributed by atoms with Gasteiger partial charge in [0.15, 0.2) is 0 Å². The molecule has 1 aromatic rings. The molecule has 1 heterocycles. The number of benzene rings is 1. The first-order valence-electron chi connectivity index (χ1n) is 5.52. The third kappa shape index (κ3) is 3.36. The predicted molar refractivity (Wildman–Crippen MR) is 67.1 cm³/mol. The van der Waals surface area contributed by atoms with Crippen LogP contribution in [0.5, 0.6) is 0 Å². The molecule has 1 aliphatic rings. The molecule has 0 spiro atoms. The van der Waals surface area contributed by atoms with Crippen molar-refractivity contribution in [3.8, 4) is 0 Å². The number of halogens is 2. The molecule has 88 valence electrons. The fourth-order valence-corrected chi connectivity index (χ4v) is 2.15. The van der Waals surface area contributed by atoms with Gasteiger partial charge < -0.3 is 10.1 Å². The zero-order valence-electron chi connectivity index (χ0n) is 9.01. The molecule has 0 amide bonds. The summed E-state index contributed by atoms with van der Waals surface area (Å²) in [6.45, 7) is 2.61. The topological polar surface area (TPSA) is 21.3 Å². The second kappa shape index (κ2) is 5.87. The molecule has 16 heavy (non-hydrogen) atoms. The Labute approximate surface area is 106 Å². The normalized spacial score (nSPS) is 20.2. The second-order valence-electron chi connectivity index (χ2n) is 4.01. The van der Waals surface area contributed by atoms with Crippen molar-refractivity contribution >= 4 is 23.2 Å². The fourth-order valence-electron chi connectivity index (χ4n) is 1.83. The van der Waals surface area contributed by atoms with E-state index in [0.717, 1.165) is 31.7 Å². The van der Waals surface area contributed by atoms with E-state index in [9.17, 15) is 0 Å². The van der Waals surface area contributed by atoms with Crippen molar-refractivity contribution in [2.45, 2.75) is 25.5 Å². The Balaban J connectivity index is 1.78. The summed E-state index contributed by atoms with van der Waals surface area (Å²) in [4.78, 5) is 0. The van der Waals surface area contributed by atoms with Gasteiger partial charge in [-0.1, -0.05) is 29.3 Å². The molecule has 1 aliphatic heterocycles. The van der Waals surface area contributed by atoms with Crippen molar-refractivity contribution in [1.29, 1.82) is 0 Å². The third-order valence-corrected chi connectivity index (χ3v) is 3.45. The monoisotopic (exact) mass is 259 g/mol. The zero-order valence-corrected chi connectivity index (χ0v) is 10.5. The summed E-state index contributed by atoms with van der Waals surface area (Å²) in [6, 6.07) is 5.70. The SMILES string of the molecule is Clc1ccc(CNC[C@H]2CCCO2)cc1Cl. The maximum atomic E-state index is 5.94. The molecule has 1 N–H and O–H groups in total. The Morgan fingerprint density at radius 1 is 1.31 bits per heavy atom. The first-order valence-corrected chi connectivity index (χ1v) is 6.27. The van der Waals surface area contributed by atoms with Crippen molar-refractivity contribution in [1.82, 2.24) is 5.32 Å². The van der Waals surface area contributed by atoms with Crippen molar-refractivity contribution in [3.05, 3.63) is 33.8 Å². The summed E-state index contributed by atoms with van der Waals surface area (Å²) >= 11 is 11.8. The quantitative estimate of drug-likeness (QED) is 0.897. The average Bonchev–Trinajstić information content (AvgIpc) is 2.76. The van der Waals surface area contributed by atoms with Crippen molar-refractivity contribution in [3.63, 3.8) is 0 Å². The van der Waals surface area contributed by atoms with Gasteiger partial charge in [-0.2, -0.15) is 0 Å². The van der Waals surface area contributed by atoms with E-state index in [0.29, 0.717) is 16.1 Å². The van der Waals surface area contributed by atoms with E-state index in [1.807, 2.05) is 18.2 Å². The summed E-state index contributed by atoms with van der Waals surface area (Å²) in [5.74, 6) is 0. The van der Waals surface area contributed by atoms with Crippen molar-refractivity contribution < 1.29 is 4.74 Å². The predicted octanol–water partition coefficient (Wildman–Crippen LogP) is 3.26. The fraction of sp³-hybridized carbons (Fsp3) is 0.500. The molecule has 4 heteroatoms. The van der Waals surface area contributed by atoms with Gasteiger partial charge in [0.2, 0.25) is 0 Å². The second-order valence-corrected chi connectivity index (χ2v) is 4.83. The summed E-state index contributed by atoms with van der Waals surface area (Å²) in [7, 11) is 0. The molecule has 2 rings (SSSR count). The lowest BCUT2D eigenvalue weighted by Gasteiger charge is -2.10. The van der Waals surface area contributed by atoms with Crippen LogP contribution in [0.4, 0.5) is 0 Å². The minimum Gasteiger partial charge on any atom is -0.377 e. The van der Waals surface area contributed by atoms with E-state index in [-0.39, 0.29) is 0 Å². The van der Waals surface area contributed by atoms with Crippen LogP contribution in [-0.4, -0.2) is 19.3 Å². The molecule has 0 radical (unpaired) electrons. The van der Waals surface area contributed by atoms with Crippen LogP contribution < -0.4 is 5.32 Å². The van der Waals surface area contributed by atoms with Gasteiger partial charge in [-0.25, -0.2) is 0 Å². The third-order valence-electron chi connectivity index (χ3n) is 2.71. The number of ether oxygens (including phenoxy) is 1. The van der Waals surface area contributed by atoms with Crippen LogP contribution >= 0.6 is 23.2 Å². The van der Waals surface area contributed by atoms with Crippen molar-refractivity contribution in [2.24, 2.45) is 0 Å². The molecule has 1 aromatic carbocycles. The van der Waals surface area contributed by atoms with Gasteiger partial charge in [-0.3, -0.25) is 0 Å². The summed E-state index contributed by atoms with van der Waals surface area (Å²) < 4.78 is 5.52. The lowest BCUT2D eigenvalue weighted by atomic mass is 10.2. The van der Waals surface area contributed by atoms with Gasteiger partial charge in [0.25, 0.3) is 0 Å². The van der Waals surface area contributed by atoms with E-state index in [2.05, 4.69) is 5.32 Å². The van der Waals surface area contributed by atoms with E-state index >= 15 is 0 Å². The minimum atomic E-state index is 0.378. The molecular weight excluding hydrogens is 245 g/mol. The van der Waals surface area contributed by atoms with E-state index < -0.39 is 0 Å². The first kappa shape index (κ1) is 12.2. The van der Waals surface area contributed by atoms with Crippen LogP contribution in [0, 0.1) is 0 Å². The van der Waals surface area contributed by atoms with Crippen LogP contribution in [0.3, 0.4) is 0 Å². The van der Waals surface area contributed by atoms with Crippen LogP contribution in [0.15, 0.2) is 18.2 Å². The van der Waals surface area contributed by atoms with Crippen LogP contribution in [-0.2, 0) is 11.3 Å². The van der Waals surface area contributed by atoms with E-state index in [1.165, 1.54) is 6.42 Å². The van der Waals surface area contributed by atoms with Gasteiger partial charge in [0.05, 0.1) is 16.1 Å². The van der Waals surface area contributed by atoms with Gasteiger partial charge in [0.1, 0.15) is 0 Å². The molecule has 0 saturated carbocycles. The average molecular weight is 260 g/mol. The number of hydrogen-bond acceptors (Lipinski definition) is 2. The van der Waals surface area contributed by atoms with E-state index in [4.69, 9.17) is 27.9 Å². The molecule has 0 bridgehead atoms. The summed E-state index contributed by atoms with van der Waals surface area (Å²) in [5, 5.41) is 4.57. The number of rotatable bonds is 4. The highest BCUT2D eigenvalue weighted by molar-refractivity contribution is 6.42. The molecule has 0 unspecified atom stereocenters. The molecule has 0 aromatic heterocycles. The van der Waals surface area contributed by atoms with Gasteiger partial charge >= 0.3 is 0 Å². The van der Waals surface area contributed by atoms with Crippen molar-refractivity contribution in [2.75, 3.05) is 13.2 Å². The maximum Gasteiger partial charge on any atom is 0.0700 e. The maximum absolute atomic E-state index is 5.94. The highest BCUT2D eigenvalue weighted by Crippen LogP contribution is 2.22. The Morgan fingerprint density at radius 2 is 2.19 bits per heavy atom. The Hall–Kier alpha value is -0.280. The number of hydrogen-bond donors (Lipinski definition) is 1. The smallest absolute Gasteiger partial charge is 0.0700 e. The van der Waals surface area contributed by atoms with Gasteiger partial charge in [-0.15, -0.1) is 0 Å².